The highest BCUT2D eigenvalue weighted by molar-refractivity contribution is 7.89. The lowest BCUT2D eigenvalue weighted by Crippen LogP contribution is -2.29. The zero-order valence-electron chi connectivity index (χ0n) is 11.5. The summed E-state index contributed by atoms with van der Waals surface area (Å²) in [4.78, 5) is 1.65. The standard InChI is InChI=1S/C13H15FN4O2S/c1-10-8-12(2-3-13(10)14)21(19,20)17-7-4-11(9-17)18-15-5-6-16-18/h2-3,5-6,8,11H,4,7,9H2,1H3. The van der Waals surface area contributed by atoms with E-state index in [2.05, 4.69) is 10.2 Å². The van der Waals surface area contributed by atoms with Gasteiger partial charge in [-0.3, -0.25) is 0 Å². The zero-order chi connectivity index (χ0) is 15.0. The van der Waals surface area contributed by atoms with Crippen molar-refractivity contribution < 1.29 is 12.8 Å². The molecule has 0 bridgehead atoms. The van der Waals surface area contributed by atoms with Crippen molar-refractivity contribution >= 4 is 10.0 Å². The largest absolute Gasteiger partial charge is 0.243 e. The van der Waals surface area contributed by atoms with Crippen LogP contribution in [0.1, 0.15) is 18.0 Å². The van der Waals surface area contributed by atoms with Gasteiger partial charge in [-0.15, -0.1) is 0 Å². The Morgan fingerprint density at radius 1 is 1.29 bits per heavy atom. The summed E-state index contributed by atoms with van der Waals surface area (Å²) in [5.41, 5.74) is 0.320. The lowest BCUT2D eigenvalue weighted by atomic mass is 10.2. The quantitative estimate of drug-likeness (QED) is 0.858. The van der Waals surface area contributed by atoms with Crippen LogP contribution in [0.25, 0.3) is 0 Å². The first-order valence-electron chi connectivity index (χ1n) is 6.60. The minimum Gasteiger partial charge on any atom is -0.207 e. The monoisotopic (exact) mass is 310 g/mol. The van der Waals surface area contributed by atoms with Crippen molar-refractivity contribution in [1.82, 2.24) is 19.3 Å². The molecule has 1 aliphatic heterocycles. The maximum absolute atomic E-state index is 13.3. The summed E-state index contributed by atoms with van der Waals surface area (Å²) in [5, 5.41) is 8.10. The zero-order valence-corrected chi connectivity index (χ0v) is 12.3. The van der Waals surface area contributed by atoms with Crippen LogP contribution in [0.5, 0.6) is 0 Å². The molecule has 3 rings (SSSR count). The van der Waals surface area contributed by atoms with E-state index in [1.54, 1.807) is 19.3 Å². The van der Waals surface area contributed by atoms with Gasteiger partial charge in [-0.05, 0) is 37.1 Å². The van der Waals surface area contributed by atoms with Gasteiger partial charge in [-0.1, -0.05) is 0 Å². The van der Waals surface area contributed by atoms with Gasteiger partial charge in [0.2, 0.25) is 10.0 Å². The summed E-state index contributed by atoms with van der Waals surface area (Å²) in [6, 6.07) is 3.79. The first-order valence-corrected chi connectivity index (χ1v) is 8.04. The fourth-order valence-electron chi connectivity index (χ4n) is 2.46. The van der Waals surface area contributed by atoms with E-state index in [1.165, 1.54) is 27.3 Å². The Balaban J connectivity index is 1.84. The molecule has 0 spiro atoms. The van der Waals surface area contributed by atoms with Crippen LogP contribution in [0.15, 0.2) is 35.5 Å². The third-order valence-corrected chi connectivity index (χ3v) is 5.52. The molecule has 2 aromatic rings. The van der Waals surface area contributed by atoms with Crippen LogP contribution >= 0.6 is 0 Å². The summed E-state index contributed by atoms with van der Waals surface area (Å²) < 4.78 is 39.8. The molecule has 0 amide bonds. The Morgan fingerprint density at radius 3 is 2.67 bits per heavy atom. The van der Waals surface area contributed by atoms with Gasteiger partial charge in [0, 0.05) is 13.1 Å². The minimum atomic E-state index is -3.60. The van der Waals surface area contributed by atoms with Gasteiger partial charge in [-0.25, -0.2) is 12.8 Å². The second-order valence-corrected chi connectivity index (χ2v) is 7.00. The van der Waals surface area contributed by atoms with Crippen LogP contribution in [-0.4, -0.2) is 40.8 Å². The molecule has 1 saturated heterocycles. The Kier molecular flexibility index (Phi) is 3.50. The highest BCUT2D eigenvalue weighted by Crippen LogP contribution is 2.27. The van der Waals surface area contributed by atoms with Gasteiger partial charge in [0.05, 0.1) is 23.3 Å². The molecule has 1 aliphatic rings. The molecule has 112 valence electrons. The van der Waals surface area contributed by atoms with Gasteiger partial charge in [-0.2, -0.15) is 19.3 Å². The van der Waals surface area contributed by atoms with Crippen molar-refractivity contribution in [2.24, 2.45) is 0 Å². The Labute approximate surface area is 122 Å². The van der Waals surface area contributed by atoms with Crippen molar-refractivity contribution in [2.75, 3.05) is 13.1 Å². The predicted molar refractivity (Wildman–Crippen MR) is 73.6 cm³/mol. The van der Waals surface area contributed by atoms with Gasteiger partial charge in [0.25, 0.3) is 0 Å². The van der Waals surface area contributed by atoms with Gasteiger partial charge >= 0.3 is 0 Å². The Bertz CT molecular complexity index is 746. The smallest absolute Gasteiger partial charge is 0.207 e. The maximum atomic E-state index is 13.3. The molecular formula is C13H15FN4O2S. The number of aryl methyl sites for hydroxylation is 1. The molecule has 0 radical (unpaired) electrons. The second-order valence-electron chi connectivity index (χ2n) is 5.07. The third kappa shape index (κ3) is 2.56. The van der Waals surface area contributed by atoms with Crippen molar-refractivity contribution in [1.29, 1.82) is 0 Å². The topological polar surface area (TPSA) is 68.1 Å². The molecule has 1 unspecified atom stereocenters. The van der Waals surface area contributed by atoms with Crippen LogP contribution in [-0.2, 0) is 10.0 Å². The molecule has 1 aromatic heterocycles. The Hall–Kier alpha value is -1.80. The van der Waals surface area contributed by atoms with Gasteiger partial charge in [0.15, 0.2) is 0 Å². The van der Waals surface area contributed by atoms with E-state index in [4.69, 9.17) is 0 Å². The van der Waals surface area contributed by atoms with E-state index < -0.39 is 15.8 Å². The van der Waals surface area contributed by atoms with Gasteiger partial charge in [0.1, 0.15) is 5.82 Å². The molecule has 1 aromatic carbocycles. The second kappa shape index (κ2) is 5.19. The number of nitrogens with zero attached hydrogens (tertiary/aromatic N) is 4. The van der Waals surface area contributed by atoms with Crippen LogP contribution < -0.4 is 0 Å². The number of benzene rings is 1. The van der Waals surface area contributed by atoms with Crippen LogP contribution in [0, 0.1) is 12.7 Å². The average molecular weight is 310 g/mol. The molecule has 1 atom stereocenters. The SMILES string of the molecule is Cc1cc(S(=O)(=O)N2CCC(n3nccn3)C2)ccc1F. The van der Waals surface area contributed by atoms with E-state index in [1.807, 2.05) is 0 Å². The number of hydrogen-bond donors (Lipinski definition) is 0. The fraction of sp³-hybridized carbons (Fsp3) is 0.385. The van der Waals surface area contributed by atoms with Crippen LogP contribution in [0.2, 0.25) is 0 Å². The predicted octanol–water partition coefficient (Wildman–Crippen LogP) is 1.36. The molecule has 1 fully saturated rings. The normalized spacial score (nSPS) is 20.0. The molecule has 21 heavy (non-hydrogen) atoms. The van der Waals surface area contributed by atoms with E-state index >= 15 is 0 Å². The summed E-state index contributed by atoms with van der Waals surface area (Å²) >= 11 is 0. The summed E-state index contributed by atoms with van der Waals surface area (Å²) in [6.07, 6.45) is 3.80. The average Bonchev–Trinajstić information content (AvgIpc) is 3.11. The van der Waals surface area contributed by atoms with Crippen molar-refractivity contribution in [3.8, 4) is 0 Å². The maximum Gasteiger partial charge on any atom is 0.243 e. The molecular weight excluding hydrogens is 295 g/mol. The summed E-state index contributed by atoms with van der Waals surface area (Å²) in [6.45, 7) is 2.28. The highest BCUT2D eigenvalue weighted by atomic mass is 32.2. The summed E-state index contributed by atoms with van der Waals surface area (Å²) in [7, 11) is -3.60. The third-order valence-electron chi connectivity index (χ3n) is 3.66. The summed E-state index contributed by atoms with van der Waals surface area (Å²) in [5.74, 6) is -0.408. The highest BCUT2D eigenvalue weighted by Gasteiger charge is 2.34. The first kappa shape index (κ1) is 14.2. The van der Waals surface area contributed by atoms with E-state index in [0.29, 0.717) is 25.1 Å². The molecule has 2 heterocycles. The molecule has 8 heteroatoms. The lowest BCUT2D eigenvalue weighted by Gasteiger charge is -2.16. The fourth-order valence-corrected chi connectivity index (χ4v) is 4.04. The lowest BCUT2D eigenvalue weighted by molar-refractivity contribution is 0.402. The Morgan fingerprint density at radius 2 is 2.00 bits per heavy atom. The van der Waals surface area contributed by atoms with Crippen molar-refractivity contribution in [3.05, 3.63) is 42.0 Å². The van der Waals surface area contributed by atoms with E-state index in [0.717, 1.165) is 0 Å². The van der Waals surface area contributed by atoms with Crippen LogP contribution in [0.4, 0.5) is 4.39 Å². The molecule has 0 saturated carbocycles. The number of hydrogen-bond acceptors (Lipinski definition) is 4. The van der Waals surface area contributed by atoms with Crippen molar-refractivity contribution in [2.45, 2.75) is 24.3 Å². The molecule has 6 nitrogen and oxygen atoms in total. The van der Waals surface area contributed by atoms with Crippen LogP contribution in [0.3, 0.4) is 0 Å². The molecule has 0 N–H and O–H groups in total. The number of halogens is 1. The molecule has 0 aliphatic carbocycles. The van der Waals surface area contributed by atoms with Gasteiger partial charge < -0.3 is 0 Å². The number of sulfonamides is 1. The minimum absolute atomic E-state index is 0.0590. The van der Waals surface area contributed by atoms with Crippen molar-refractivity contribution in [3.63, 3.8) is 0 Å². The first-order chi connectivity index (χ1) is 9.98. The van der Waals surface area contributed by atoms with E-state index in [9.17, 15) is 12.8 Å². The number of rotatable bonds is 3. The van der Waals surface area contributed by atoms with E-state index in [-0.39, 0.29) is 10.9 Å². The number of aromatic nitrogens is 3.